The highest BCUT2D eigenvalue weighted by molar-refractivity contribution is 7.11. The number of para-hydroxylation sites is 1. The van der Waals surface area contributed by atoms with Gasteiger partial charge < -0.3 is 5.32 Å². The van der Waals surface area contributed by atoms with Crippen molar-refractivity contribution in [3.63, 3.8) is 0 Å². The van der Waals surface area contributed by atoms with E-state index in [2.05, 4.69) is 5.32 Å². The van der Waals surface area contributed by atoms with Gasteiger partial charge in [-0.25, -0.2) is 4.90 Å². The quantitative estimate of drug-likeness (QED) is 0.635. The molecule has 1 N–H and O–H groups in total. The lowest BCUT2D eigenvalue weighted by atomic mass is 10.1. The lowest BCUT2D eigenvalue weighted by Gasteiger charge is -2.17. The first kappa shape index (κ1) is 18.2. The topological polar surface area (TPSA) is 49.4 Å². The van der Waals surface area contributed by atoms with Crippen LogP contribution in [-0.4, -0.2) is 11.8 Å². The zero-order valence-corrected chi connectivity index (χ0v) is 16.8. The molecule has 0 aliphatic carbocycles. The molecule has 4 rings (SSSR count). The largest absolute Gasteiger partial charge is 0.350 e. The second kappa shape index (κ2) is 7.09. The molecule has 1 aliphatic heterocycles. The molecule has 28 heavy (non-hydrogen) atoms. The van der Waals surface area contributed by atoms with Crippen LogP contribution in [0.5, 0.6) is 0 Å². The maximum atomic E-state index is 13.3. The fourth-order valence-electron chi connectivity index (χ4n) is 3.24. The molecule has 1 aromatic heterocycles. The van der Waals surface area contributed by atoms with Crippen LogP contribution < -0.4 is 10.2 Å². The summed E-state index contributed by atoms with van der Waals surface area (Å²) < 4.78 is 0. The van der Waals surface area contributed by atoms with Crippen molar-refractivity contribution in [2.24, 2.45) is 0 Å². The Kier molecular flexibility index (Phi) is 4.61. The molecule has 0 fully saturated rings. The van der Waals surface area contributed by atoms with E-state index in [9.17, 15) is 9.59 Å². The monoisotopic (exact) mass is 388 g/mol. The summed E-state index contributed by atoms with van der Waals surface area (Å²) in [5.74, 6) is -0.633. The van der Waals surface area contributed by atoms with Gasteiger partial charge in [0.05, 0.1) is 11.3 Å². The average molecular weight is 388 g/mol. The third-order valence-electron chi connectivity index (χ3n) is 5.00. The van der Waals surface area contributed by atoms with Crippen molar-refractivity contribution in [1.29, 1.82) is 0 Å². The van der Waals surface area contributed by atoms with E-state index < -0.39 is 0 Å². The van der Waals surface area contributed by atoms with Crippen LogP contribution in [0, 0.1) is 20.8 Å². The number of nitrogens with one attached hydrogen (secondary N) is 1. The zero-order valence-electron chi connectivity index (χ0n) is 15.9. The first-order valence-electron chi connectivity index (χ1n) is 9.04. The van der Waals surface area contributed by atoms with Gasteiger partial charge in [-0.15, -0.1) is 11.3 Å². The van der Waals surface area contributed by atoms with Gasteiger partial charge in [-0.1, -0.05) is 30.3 Å². The Labute approximate surface area is 168 Å². The summed E-state index contributed by atoms with van der Waals surface area (Å²) in [5, 5.41) is 5.13. The standard InChI is InChI=1S/C23H20N2O2S/c1-14-10-11-17(13-16(14)3)25-22(26)20(19-9-6-12-28-19)21(23(25)27)24-18-8-5-4-7-15(18)2/h4-13,24H,1-3H3. The smallest absolute Gasteiger partial charge is 0.282 e. The summed E-state index contributed by atoms with van der Waals surface area (Å²) in [7, 11) is 0. The van der Waals surface area contributed by atoms with Crippen LogP contribution in [0.1, 0.15) is 21.6 Å². The Morgan fingerprint density at radius 3 is 2.29 bits per heavy atom. The minimum absolute atomic E-state index is 0.299. The van der Waals surface area contributed by atoms with Gasteiger partial charge in [-0.2, -0.15) is 0 Å². The molecule has 0 saturated carbocycles. The molecule has 0 radical (unpaired) electrons. The van der Waals surface area contributed by atoms with E-state index in [4.69, 9.17) is 0 Å². The number of rotatable bonds is 4. The summed E-state index contributed by atoms with van der Waals surface area (Å²) in [6.45, 7) is 5.95. The molecular weight excluding hydrogens is 368 g/mol. The van der Waals surface area contributed by atoms with E-state index in [1.807, 2.05) is 80.7 Å². The van der Waals surface area contributed by atoms with Crippen molar-refractivity contribution in [2.75, 3.05) is 10.2 Å². The third-order valence-corrected chi connectivity index (χ3v) is 5.89. The second-order valence-electron chi connectivity index (χ2n) is 6.88. The minimum Gasteiger partial charge on any atom is -0.350 e. The highest BCUT2D eigenvalue weighted by Gasteiger charge is 2.40. The van der Waals surface area contributed by atoms with Crippen molar-refractivity contribution in [1.82, 2.24) is 0 Å². The number of aryl methyl sites for hydroxylation is 3. The summed E-state index contributed by atoms with van der Waals surface area (Å²) in [6, 6.07) is 17.1. The van der Waals surface area contributed by atoms with Gasteiger partial charge in [0.2, 0.25) is 0 Å². The molecule has 0 atom stereocenters. The van der Waals surface area contributed by atoms with Crippen LogP contribution in [-0.2, 0) is 9.59 Å². The lowest BCUT2D eigenvalue weighted by Crippen LogP contribution is -2.32. The Morgan fingerprint density at radius 1 is 0.821 bits per heavy atom. The summed E-state index contributed by atoms with van der Waals surface area (Å²) in [6.07, 6.45) is 0. The fraction of sp³-hybridized carbons (Fsp3) is 0.130. The van der Waals surface area contributed by atoms with E-state index in [0.717, 1.165) is 27.3 Å². The molecule has 2 heterocycles. The van der Waals surface area contributed by atoms with Gasteiger partial charge in [0, 0.05) is 10.6 Å². The Balaban J connectivity index is 1.82. The molecule has 3 aromatic rings. The normalized spacial score (nSPS) is 14.2. The van der Waals surface area contributed by atoms with Crippen molar-refractivity contribution in [3.8, 4) is 0 Å². The van der Waals surface area contributed by atoms with Crippen LogP contribution in [0.2, 0.25) is 0 Å². The molecule has 0 saturated heterocycles. The molecule has 0 spiro atoms. The van der Waals surface area contributed by atoms with E-state index in [0.29, 0.717) is 17.0 Å². The van der Waals surface area contributed by atoms with Gasteiger partial charge in [0.1, 0.15) is 5.70 Å². The first-order valence-corrected chi connectivity index (χ1v) is 9.92. The number of thiophene rings is 1. The highest BCUT2D eigenvalue weighted by Crippen LogP contribution is 2.36. The van der Waals surface area contributed by atoms with E-state index in [-0.39, 0.29) is 11.8 Å². The molecule has 1 aliphatic rings. The summed E-state index contributed by atoms with van der Waals surface area (Å²) >= 11 is 1.45. The maximum absolute atomic E-state index is 13.3. The maximum Gasteiger partial charge on any atom is 0.282 e. The number of hydrogen-bond acceptors (Lipinski definition) is 4. The number of amides is 2. The Bertz CT molecular complexity index is 1110. The van der Waals surface area contributed by atoms with Crippen LogP contribution in [0.15, 0.2) is 65.7 Å². The predicted octanol–water partition coefficient (Wildman–Crippen LogP) is 5.07. The van der Waals surface area contributed by atoms with Crippen LogP contribution in [0.25, 0.3) is 5.57 Å². The summed E-state index contributed by atoms with van der Waals surface area (Å²) in [5.41, 5.74) is 5.30. The van der Waals surface area contributed by atoms with Crippen molar-refractivity contribution in [3.05, 3.63) is 87.2 Å². The van der Waals surface area contributed by atoms with E-state index in [1.54, 1.807) is 0 Å². The molecule has 5 heteroatoms. The van der Waals surface area contributed by atoms with E-state index in [1.165, 1.54) is 16.2 Å². The van der Waals surface area contributed by atoms with Gasteiger partial charge >= 0.3 is 0 Å². The molecule has 4 nitrogen and oxygen atoms in total. The van der Waals surface area contributed by atoms with Crippen LogP contribution >= 0.6 is 11.3 Å². The van der Waals surface area contributed by atoms with Crippen LogP contribution in [0.3, 0.4) is 0 Å². The van der Waals surface area contributed by atoms with Crippen LogP contribution in [0.4, 0.5) is 11.4 Å². The number of carbonyl (C=O) groups excluding carboxylic acids is 2. The van der Waals surface area contributed by atoms with Crippen molar-refractivity contribution >= 4 is 40.1 Å². The van der Waals surface area contributed by atoms with Crippen molar-refractivity contribution in [2.45, 2.75) is 20.8 Å². The molecule has 140 valence electrons. The zero-order chi connectivity index (χ0) is 19.8. The Hall–Kier alpha value is -3.18. The number of anilines is 2. The lowest BCUT2D eigenvalue weighted by molar-refractivity contribution is -0.120. The number of benzene rings is 2. The SMILES string of the molecule is Cc1ccc(N2C(=O)C(Nc3ccccc3C)=C(c3cccs3)C2=O)cc1C. The summed E-state index contributed by atoms with van der Waals surface area (Å²) in [4.78, 5) is 28.7. The molecular formula is C23H20N2O2S. The molecule has 2 amide bonds. The average Bonchev–Trinajstić information content (AvgIpc) is 3.27. The minimum atomic E-state index is -0.333. The molecule has 0 unspecified atom stereocenters. The predicted molar refractivity (Wildman–Crippen MR) is 114 cm³/mol. The highest BCUT2D eigenvalue weighted by atomic mass is 32.1. The van der Waals surface area contributed by atoms with Gasteiger partial charge in [-0.3, -0.25) is 9.59 Å². The van der Waals surface area contributed by atoms with E-state index >= 15 is 0 Å². The number of nitrogens with zero attached hydrogens (tertiary/aromatic N) is 1. The first-order chi connectivity index (χ1) is 13.5. The second-order valence-corrected chi connectivity index (χ2v) is 7.83. The number of imide groups is 1. The van der Waals surface area contributed by atoms with Gasteiger partial charge in [0.15, 0.2) is 0 Å². The fourth-order valence-corrected chi connectivity index (χ4v) is 4.01. The van der Waals surface area contributed by atoms with Gasteiger partial charge in [-0.05, 0) is 67.1 Å². The Morgan fingerprint density at radius 2 is 1.61 bits per heavy atom. The van der Waals surface area contributed by atoms with Crippen molar-refractivity contribution < 1.29 is 9.59 Å². The van der Waals surface area contributed by atoms with Gasteiger partial charge in [0.25, 0.3) is 11.8 Å². The molecule has 2 aromatic carbocycles. The number of hydrogen-bond donors (Lipinski definition) is 1. The molecule has 0 bridgehead atoms. The number of carbonyl (C=O) groups is 2. The third kappa shape index (κ3) is 3.04.